The summed E-state index contributed by atoms with van der Waals surface area (Å²) in [5.41, 5.74) is -0.172. The highest BCUT2D eigenvalue weighted by Crippen LogP contribution is 2.32. The third kappa shape index (κ3) is 2.77. The van der Waals surface area contributed by atoms with E-state index in [2.05, 4.69) is 4.98 Å². The summed E-state index contributed by atoms with van der Waals surface area (Å²) in [5.74, 6) is 0. The van der Waals surface area contributed by atoms with Crippen LogP contribution in [0.5, 0.6) is 0 Å². The first-order valence-electron chi connectivity index (χ1n) is 6.73. The van der Waals surface area contributed by atoms with Crippen LogP contribution in [0.3, 0.4) is 0 Å². The summed E-state index contributed by atoms with van der Waals surface area (Å²) in [7, 11) is 0. The summed E-state index contributed by atoms with van der Waals surface area (Å²) >= 11 is 5.94. The van der Waals surface area contributed by atoms with E-state index in [1.807, 2.05) is 13.8 Å². The highest BCUT2D eigenvalue weighted by molar-refractivity contribution is 6.30. The fourth-order valence-electron chi connectivity index (χ4n) is 2.48. The van der Waals surface area contributed by atoms with Crippen LogP contribution in [0.1, 0.15) is 44.7 Å². The molecular formula is C13H19ClN2O3. The van der Waals surface area contributed by atoms with Gasteiger partial charge in [0.25, 0.3) is 5.56 Å². The standard InChI is InChI=1S/C13H19ClN2O3/c1-3-5-10-11(14)15-13(18)16(12(10)17)8-6-9(7-8)19-4-2/h8-9H,3-7H2,1-2H3,(H,15,18). The van der Waals surface area contributed by atoms with Crippen LogP contribution < -0.4 is 11.2 Å². The maximum Gasteiger partial charge on any atom is 0.329 e. The highest BCUT2D eigenvalue weighted by Gasteiger charge is 2.33. The van der Waals surface area contributed by atoms with E-state index in [-0.39, 0.29) is 22.9 Å². The Bertz CT molecular complexity index is 558. The van der Waals surface area contributed by atoms with Crippen molar-refractivity contribution in [2.45, 2.75) is 51.7 Å². The van der Waals surface area contributed by atoms with E-state index in [1.54, 1.807) is 0 Å². The molecule has 1 fully saturated rings. The predicted molar refractivity (Wildman–Crippen MR) is 74.0 cm³/mol. The number of H-pyrrole nitrogens is 1. The van der Waals surface area contributed by atoms with E-state index in [0.717, 1.165) is 6.42 Å². The second-order valence-corrected chi connectivity index (χ2v) is 5.23. The van der Waals surface area contributed by atoms with E-state index in [0.29, 0.717) is 31.4 Å². The Morgan fingerprint density at radius 1 is 1.37 bits per heavy atom. The first-order chi connectivity index (χ1) is 9.08. The summed E-state index contributed by atoms with van der Waals surface area (Å²) in [6, 6.07) is -0.0688. The van der Waals surface area contributed by atoms with E-state index < -0.39 is 5.69 Å². The predicted octanol–water partition coefficient (Wildman–Crippen LogP) is 1.88. The minimum atomic E-state index is -0.421. The first kappa shape index (κ1) is 14.3. The Balaban J connectivity index is 2.29. The third-order valence-electron chi connectivity index (χ3n) is 3.51. The minimum Gasteiger partial charge on any atom is -0.378 e. The zero-order valence-corrected chi connectivity index (χ0v) is 12.0. The normalized spacial score (nSPS) is 22.3. The summed E-state index contributed by atoms with van der Waals surface area (Å²) in [6.07, 6.45) is 2.98. The van der Waals surface area contributed by atoms with Crippen molar-refractivity contribution >= 4 is 11.6 Å². The molecule has 0 radical (unpaired) electrons. The van der Waals surface area contributed by atoms with Crippen LogP contribution in [0.4, 0.5) is 0 Å². The second-order valence-electron chi connectivity index (χ2n) is 4.85. The largest absolute Gasteiger partial charge is 0.378 e. The fraction of sp³-hybridized carbons (Fsp3) is 0.692. The van der Waals surface area contributed by atoms with Crippen molar-refractivity contribution in [2.24, 2.45) is 0 Å². The zero-order chi connectivity index (χ0) is 14.0. The number of hydrogen-bond acceptors (Lipinski definition) is 3. The number of hydrogen-bond donors (Lipinski definition) is 1. The van der Waals surface area contributed by atoms with Gasteiger partial charge in [0.1, 0.15) is 5.15 Å². The lowest BCUT2D eigenvalue weighted by atomic mass is 9.89. The first-order valence-corrected chi connectivity index (χ1v) is 7.11. The van der Waals surface area contributed by atoms with Crippen molar-refractivity contribution < 1.29 is 4.74 Å². The average molecular weight is 287 g/mol. The molecule has 2 rings (SSSR count). The molecule has 1 aliphatic rings. The monoisotopic (exact) mass is 286 g/mol. The maximum atomic E-state index is 12.3. The Labute approximate surface area is 116 Å². The molecule has 0 aliphatic heterocycles. The number of ether oxygens (including phenoxy) is 1. The number of halogens is 1. The molecule has 0 amide bonds. The van der Waals surface area contributed by atoms with Crippen LogP contribution in [-0.2, 0) is 11.2 Å². The van der Waals surface area contributed by atoms with Crippen molar-refractivity contribution in [1.82, 2.24) is 9.55 Å². The molecule has 1 saturated carbocycles. The van der Waals surface area contributed by atoms with Gasteiger partial charge in [0.2, 0.25) is 0 Å². The Hall–Kier alpha value is -1.07. The van der Waals surface area contributed by atoms with E-state index in [4.69, 9.17) is 16.3 Å². The SMILES string of the molecule is CCCc1c(Cl)[nH]c(=O)n(C2CC(OCC)C2)c1=O. The third-order valence-corrected chi connectivity index (χ3v) is 3.84. The van der Waals surface area contributed by atoms with Gasteiger partial charge in [0.05, 0.1) is 11.7 Å². The quantitative estimate of drug-likeness (QED) is 0.841. The van der Waals surface area contributed by atoms with Crippen LogP contribution in [0, 0.1) is 0 Å². The van der Waals surface area contributed by atoms with Gasteiger partial charge >= 0.3 is 5.69 Å². The van der Waals surface area contributed by atoms with Crippen molar-refractivity contribution in [1.29, 1.82) is 0 Å². The Kier molecular flexibility index (Phi) is 4.47. The van der Waals surface area contributed by atoms with Crippen LogP contribution in [0.15, 0.2) is 9.59 Å². The highest BCUT2D eigenvalue weighted by atomic mass is 35.5. The molecule has 0 spiro atoms. The van der Waals surface area contributed by atoms with Gasteiger partial charge in [0, 0.05) is 12.6 Å². The zero-order valence-electron chi connectivity index (χ0n) is 11.2. The van der Waals surface area contributed by atoms with Gasteiger partial charge in [-0.25, -0.2) is 4.79 Å². The Morgan fingerprint density at radius 3 is 2.63 bits per heavy atom. The topological polar surface area (TPSA) is 64.1 Å². The van der Waals surface area contributed by atoms with Gasteiger partial charge in [-0.15, -0.1) is 0 Å². The second kappa shape index (κ2) is 5.92. The molecule has 0 aromatic carbocycles. The minimum absolute atomic E-state index is 0.0688. The summed E-state index contributed by atoms with van der Waals surface area (Å²) in [5, 5.41) is 0.175. The lowest BCUT2D eigenvalue weighted by Crippen LogP contribution is -2.46. The Morgan fingerprint density at radius 2 is 2.05 bits per heavy atom. The molecule has 6 heteroatoms. The molecule has 0 saturated heterocycles. The molecule has 0 unspecified atom stereocenters. The summed E-state index contributed by atoms with van der Waals surface area (Å²) in [6.45, 7) is 4.57. The summed E-state index contributed by atoms with van der Waals surface area (Å²) < 4.78 is 6.76. The molecule has 0 bridgehead atoms. The van der Waals surface area contributed by atoms with Gasteiger partial charge < -0.3 is 4.74 Å². The van der Waals surface area contributed by atoms with Crippen LogP contribution in [-0.4, -0.2) is 22.3 Å². The summed E-state index contributed by atoms with van der Waals surface area (Å²) in [4.78, 5) is 26.8. The molecule has 1 N–H and O–H groups in total. The lowest BCUT2D eigenvalue weighted by Gasteiger charge is -2.35. The van der Waals surface area contributed by atoms with E-state index in [9.17, 15) is 9.59 Å². The molecule has 19 heavy (non-hydrogen) atoms. The fourth-order valence-corrected chi connectivity index (χ4v) is 2.74. The van der Waals surface area contributed by atoms with Gasteiger partial charge in [-0.1, -0.05) is 24.9 Å². The number of nitrogens with zero attached hydrogens (tertiary/aromatic N) is 1. The van der Waals surface area contributed by atoms with E-state index >= 15 is 0 Å². The number of aromatic amines is 1. The molecule has 1 aromatic heterocycles. The average Bonchev–Trinajstić information content (AvgIpc) is 2.31. The van der Waals surface area contributed by atoms with Crippen LogP contribution >= 0.6 is 11.6 Å². The molecular weight excluding hydrogens is 268 g/mol. The van der Waals surface area contributed by atoms with Crippen LogP contribution in [0.25, 0.3) is 0 Å². The van der Waals surface area contributed by atoms with Crippen molar-refractivity contribution in [2.75, 3.05) is 6.61 Å². The molecule has 1 aromatic rings. The number of nitrogens with one attached hydrogen (secondary N) is 1. The van der Waals surface area contributed by atoms with Gasteiger partial charge in [-0.05, 0) is 26.2 Å². The van der Waals surface area contributed by atoms with Gasteiger partial charge in [-0.2, -0.15) is 0 Å². The maximum absolute atomic E-state index is 12.3. The van der Waals surface area contributed by atoms with Crippen LogP contribution in [0.2, 0.25) is 5.15 Å². The smallest absolute Gasteiger partial charge is 0.329 e. The molecule has 0 atom stereocenters. The van der Waals surface area contributed by atoms with Crippen molar-refractivity contribution in [3.8, 4) is 0 Å². The molecule has 106 valence electrons. The lowest BCUT2D eigenvalue weighted by molar-refractivity contribution is -0.0216. The molecule has 1 heterocycles. The van der Waals surface area contributed by atoms with Crippen molar-refractivity contribution in [3.63, 3.8) is 0 Å². The molecule has 5 nitrogen and oxygen atoms in total. The van der Waals surface area contributed by atoms with Gasteiger partial charge in [0.15, 0.2) is 0 Å². The number of aromatic nitrogens is 2. The van der Waals surface area contributed by atoms with Crippen molar-refractivity contribution in [3.05, 3.63) is 31.6 Å². The number of rotatable bonds is 5. The molecule has 1 aliphatic carbocycles. The van der Waals surface area contributed by atoms with E-state index in [1.165, 1.54) is 4.57 Å². The van der Waals surface area contributed by atoms with Gasteiger partial charge in [-0.3, -0.25) is 14.3 Å².